The molecule has 0 spiro atoms. The Kier molecular flexibility index (Phi) is 10.7. The van der Waals surface area contributed by atoms with Gasteiger partial charge >= 0.3 is 0 Å². The summed E-state index contributed by atoms with van der Waals surface area (Å²) in [7, 11) is -0.787. The number of hydrogen-bond acceptors (Lipinski definition) is 8. The zero-order chi connectivity index (χ0) is 34.4. The molecule has 250 valence electrons. The highest BCUT2D eigenvalue weighted by Crippen LogP contribution is 2.34. The molecule has 5 rings (SSSR count). The molecule has 1 aliphatic rings. The smallest absolute Gasteiger partial charge is 0.251 e. The molecule has 4 N–H and O–H groups in total. The maximum atomic E-state index is 13.2. The SMILES string of the molecule is COc1ccc2c(c1)C(c1ccc(Cl)cc1)=N[C@@H](CC(=O)NCC(=O)NCCc1ccc(C(=O)NC[Si](C)(C)O)cc1)c1nnc(C)n1-2. The van der Waals surface area contributed by atoms with Crippen molar-refractivity contribution in [1.82, 2.24) is 30.7 Å². The first-order chi connectivity index (χ1) is 22.9. The summed E-state index contributed by atoms with van der Waals surface area (Å²) in [5.74, 6) is 0.847. The minimum absolute atomic E-state index is 0.0639. The third-order valence-electron chi connectivity index (χ3n) is 7.71. The number of hydrogen-bond donors (Lipinski definition) is 4. The topological polar surface area (TPSA) is 160 Å². The molecular formula is C34H38ClN7O5Si. The van der Waals surface area contributed by atoms with Gasteiger partial charge in [-0.2, -0.15) is 0 Å². The second kappa shape index (κ2) is 14.9. The lowest BCUT2D eigenvalue weighted by molar-refractivity contribution is -0.126. The summed E-state index contributed by atoms with van der Waals surface area (Å²) in [5, 5.41) is 17.5. The molecule has 0 saturated heterocycles. The van der Waals surface area contributed by atoms with Crippen LogP contribution in [-0.4, -0.2) is 77.7 Å². The first-order valence-corrected chi connectivity index (χ1v) is 19.0. The number of carbonyl (C=O) groups excluding carboxylic acids is 3. The van der Waals surface area contributed by atoms with Gasteiger partial charge in [-0.25, -0.2) is 0 Å². The Morgan fingerprint density at radius 2 is 1.69 bits per heavy atom. The minimum Gasteiger partial charge on any atom is -0.497 e. The van der Waals surface area contributed by atoms with Crippen molar-refractivity contribution < 1.29 is 23.9 Å². The number of aromatic nitrogens is 3. The number of halogens is 1. The van der Waals surface area contributed by atoms with Crippen LogP contribution in [0.25, 0.3) is 5.69 Å². The zero-order valence-corrected chi connectivity index (χ0v) is 29.0. The van der Waals surface area contributed by atoms with Crippen molar-refractivity contribution in [2.24, 2.45) is 4.99 Å². The van der Waals surface area contributed by atoms with Crippen molar-refractivity contribution in [2.75, 3.05) is 26.4 Å². The molecule has 3 amide bonds. The lowest BCUT2D eigenvalue weighted by Crippen LogP contribution is -2.42. The molecule has 1 aliphatic heterocycles. The van der Waals surface area contributed by atoms with Gasteiger partial charge in [0.15, 0.2) is 5.82 Å². The fourth-order valence-electron chi connectivity index (χ4n) is 5.23. The van der Waals surface area contributed by atoms with E-state index in [1.54, 1.807) is 44.5 Å². The number of nitrogens with one attached hydrogen (secondary N) is 3. The number of ether oxygens (including phenoxy) is 1. The lowest BCUT2D eigenvalue weighted by atomic mass is 10.00. The molecule has 0 radical (unpaired) electrons. The van der Waals surface area contributed by atoms with E-state index < -0.39 is 14.4 Å². The van der Waals surface area contributed by atoms with Gasteiger partial charge in [0.1, 0.15) is 17.6 Å². The van der Waals surface area contributed by atoms with Crippen LogP contribution >= 0.6 is 11.6 Å². The van der Waals surface area contributed by atoms with Crippen molar-refractivity contribution >= 4 is 43.4 Å². The number of amides is 3. The van der Waals surface area contributed by atoms with Crippen molar-refractivity contribution in [1.29, 1.82) is 0 Å². The first kappa shape index (κ1) is 34.5. The molecule has 2 heterocycles. The number of fused-ring (bicyclic) bond motifs is 3. The molecule has 48 heavy (non-hydrogen) atoms. The van der Waals surface area contributed by atoms with Gasteiger partial charge in [-0.1, -0.05) is 35.9 Å². The van der Waals surface area contributed by atoms with E-state index in [4.69, 9.17) is 21.3 Å². The van der Waals surface area contributed by atoms with Gasteiger partial charge in [0.05, 0.1) is 31.5 Å². The molecule has 14 heteroatoms. The van der Waals surface area contributed by atoms with Gasteiger partial charge in [-0.15, -0.1) is 10.2 Å². The van der Waals surface area contributed by atoms with Crippen LogP contribution in [0.2, 0.25) is 18.1 Å². The Morgan fingerprint density at radius 3 is 2.38 bits per heavy atom. The highest BCUT2D eigenvalue weighted by atomic mass is 35.5. The molecule has 3 aromatic carbocycles. The lowest BCUT2D eigenvalue weighted by Gasteiger charge is -2.14. The molecule has 0 unspecified atom stereocenters. The zero-order valence-electron chi connectivity index (χ0n) is 27.2. The van der Waals surface area contributed by atoms with Crippen LogP contribution < -0.4 is 20.7 Å². The maximum absolute atomic E-state index is 13.2. The van der Waals surface area contributed by atoms with Gasteiger partial charge in [-0.3, -0.25) is 23.9 Å². The quantitative estimate of drug-likeness (QED) is 0.166. The molecule has 1 atom stereocenters. The number of benzene rings is 3. The highest BCUT2D eigenvalue weighted by molar-refractivity contribution is 6.70. The molecule has 12 nitrogen and oxygen atoms in total. The average molecular weight is 688 g/mol. The molecule has 4 aromatic rings. The van der Waals surface area contributed by atoms with Crippen LogP contribution in [0, 0.1) is 6.92 Å². The fourth-order valence-corrected chi connectivity index (χ4v) is 5.95. The van der Waals surface area contributed by atoms with E-state index in [1.165, 1.54) is 0 Å². The Bertz CT molecular complexity index is 1840. The van der Waals surface area contributed by atoms with Crippen molar-refractivity contribution in [3.05, 3.63) is 106 Å². The molecule has 0 saturated carbocycles. The average Bonchev–Trinajstić information content (AvgIpc) is 3.39. The summed E-state index contributed by atoms with van der Waals surface area (Å²) in [6.45, 7) is 5.50. The normalized spacial score (nSPS) is 13.8. The third kappa shape index (κ3) is 8.54. The second-order valence-corrected chi connectivity index (χ2v) is 16.5. The Labute approximate surface area is 284 Å². The van der Waals surface area contributed by atoms with Crippen molar-refractivity contribution in [3.63, 3.8) is 0 Å². The van der Waals surface area contributed by atoms with E-state index in [-0.39, 0.29) is 36.9 Å². The summed E-state index contributed by atoms with van der Waals surface area (Å²) in [5.41, 5.74) is 4.47. The van der Waals surface area contributed by atoms with Crippen molar-refractivity contribution in [2.45, 2.75) is 38.9 Å². The van der Waals surface area contributed by atoms with Crippen LogP contribution in [0.1, 0.15) is 51.2 Å². The van der Waals surface area contributed by atoms with Crippen LogP contribution in [0.3, 0.4) is 0 Å². The van der Waals surface area contributed by atoms with Crippen LogP contribution in [0.5, 0.6) is 5.75 Å². The summed E-state index contributed by atoms with van der Waals surface area (Å²) < 4.78 is 7.41. The monoisotopic (exact) mass is 687 g/mol. The number of methoxy groups -OCH3 is 1. The van der Waals surface area contributed by atoms with Crippen LogP contribution in [0.15, 0.2) is 71.7 Å². The van der Waals surface area contributed by atoms with E-state index in [9.17, 15) is 19.2 Å². The van der Waals surface area contributed by atoms with Gasteiger partial charge in [0.25, 0.3) is 5.91 Å². The Balaban J connectivity index is 1.21. The van der Waals surface area contributed by atoms with E-state index in [2.05, 4.69) is 26.1 Å². The minimum atomic E-state index is -2.38. The number of aliphatic imine (C=N–C) groups is 1. The summed E-state index contributed by atoms with van der Waals surface area (Å²) >= 11 is 6.18. The summed E-state index contributed by atoms with van der Waals surface area (Å²) in [6.07, 6.45) is 0.758. The standard InChI is InChI=1S/C34H38ClN7O5Si/c1-21-40-41-33-28(39-32(23-9-11-25(35)12-10-23)27-17-26(47-2)13-14-29(27)42(21)33)18-30(43)37-19-31(44)36-16-15-22-5-7-24(8-6-22)34(45)38-20-48(3,4)46/h5-14,17,28,46H,15-16,18-20H2,1-4H3,(H,36,44)(H,37,43)(H,38,45)/t28-/m0/s1. The second-order valence-electron chi connectivity index (χ2n) is 12.1. The van der Waals surface area contributed by atoms with Crippen molar-refractivity contribution in [3.8, 4) is 11.4 Å². The van der Waals surface area contributed by atoms with Crippen LogP contribution in [-0.2, 0) is 16.0 Å². The number of nitrogens with zero attached hydrogens (tertiary/aromatic N) is 4. The van der Waals surface area contributed by atoms with Gasteiger partial charge in [0, 0.05) is 34.4 Å². The molecule has 0 fully saturated rings. The van der Waals surface area contributed by atoms with Gasteiger partial charge < -0.3 is 25.5 Å². The molecule has 1 aromatic heterocycles. The highest BCUT2D eigenvalue weighted by Gasteiger charge is 2.30. The van der Waals surface area contributed by atoms with E-state index in [0.717, 1.165) is 22.4 Å². The summed E-state index contributed by atoms with van der Waals surface area (Å²) in [4.78, 5) is 53.0. The summed E-state index contributed by atoms with van der Waals surface area (Å²) in [6, 6.07) is 19.4. The molecular weight excluding hydrogens is 650 g/mol. The van der Waals surface area contributed by atoms with E-state index >= 15 is 0 Å². The third-order valence-corrected chi connectivity index (χ3v) is 9.00. The maximum Gasteiger partial charge on any atom is 0.251 e. The van der Waals surface area contributed by atoms with E-state index in [1.807, 2.05) is 54.0 Å². The molecule has 0 aliphatic carbocycles. The predicted octanol–water partition coefficient (Wildman–Crippen LogP) is 3.46. The van der Waals surface area contributed by atoms with Gasteiger partial charge in [-0.05, 0) is 74.5 Å². The fraction of sp³-hybridized carbons (Fsp3) is 0.294. The van der Waals surface area contributed by atoms with E-state index in [0.29, 0.717) is 46.7 Å². The predicted molar refractivity (Wildman–Crippen MR) is 185 cm³/mol. The largest absolute Gasteiger partial charge is 0.497 e. The molecule has 0 bridgehead atoms. The Morgan fingerprint density at radius 1 is 0.958 bits per heavy atom. The first-order valence-electron chi connectivity index (χ1n) is 15.5. The number of aryl methyl sites for hydroxylation is 1. The van der Waals surface area contributed by atoms with Gasteiger partial charge in [0.2, 0.25) is 20.1 Å². The Hall–Kier alpha value is -4.85. The number of carbonyl (C=O) groups is 3. The number of rotatable bonds is 12. The van der Waals surface area contributed by atoms with Crippen LogP contribution in [0.4, 0.5) is 0 Å².